The van der Waals surface area contributed by atoms with E-state index in [4.69, 9.17) is 0 Å². The molecule has 2 fully saturated rings. The van der Waals surface area contributed by atoms with Gasteiger partial charge >= 0.3 is 0 Å². The zero-order valence-corrected chi connectivity index (χ0v) is 46.6. The van der Waals surface area contributed by atoms with E-state index in [9.17, 15) is 58.2 Å². The van der Waals surface area contributed by atoms with Crippen molar-refractivity contribution in [3.05, 3.63) is 72.1 Å². The molecule has 2 saturated heterocycles. The second-order valence-electron chi connectivity index (χ2n) is 18.1. The molecule has 0 unspecified atom stereocenters. The highest BCUT2D eigenvalue weighted by Crippen LogP contribution is 2.33. The first-order valence-electron chi connectivity index (χ1n) is 23.7. The van der Waals surface area contributed by atoms with Crippen molar-refractivity contribution >= 4 is 126 Å². The molecule has 2 aliphatic heterocycles. The number of benzene rings is 2. The quantitative estimate of drug-likeness (QED) is 0.123. The lowest BCUT2D eigenvalue weighted by molar-refractivity contribution is -0.148. The fraction of sp³-hybridized carbons (Fsp3) is 0.429. The number of pyridine rings is 2. The van der Waals surface area contributed by atoms with Crippen molar-refractivity contribution in [1.29, 1.82) is 0 Å². The normalized spacial score (nSPS) is 22.6. The van der Waals surface area contributed by atoms with Crippen LogP contribution in [0.25, 0.3) is 21.8 Å². The molecule has 2 aliphatic rings. The Kier molecular flexibility index (Phi) is 20.3. The molecule has 0 spiro atoms. The molecule has 6 rings (SSSR count). The summed E-state index contributed by atoms with van der Waals surface area (Å²) in [4.78, 5) is 158. The summed E-state index contributed by atoms with van der Waals surface area (Å²) in [6, 6.07) is 8.92. The van der Waals surface area contributed by atoms with Crippen molar-refractivity contribution in [3.63, 3.8) is 0 Å². The van der Waals surface area contributed by atoms with Gasteiger partial charge in [-0.15, -0.1) is 0 Å². The molecular formula is C49H60N12O12S4. The third-order valence-corrected chi connectivity index (χ3v) is 16.9. The average molecular weight is 1140 g/mol. The van der Waals surface area contributed by atoms with Crippen molar-refractivity contribution in [3.8, 4) is 11.5 Å². The van der Waals surface area contributed by atoms with Gasteiger partial charge < -0.3 is 60.9 Å². The van der Waals surface area contributed by atoms with Crippen molar-refractivity contribution in [2.75, 3.05) is 98.2 Å². The van der Waals surface area contributed by atoms with Gasteiger partial charge in [0, 0.05) is 83.4 Å². The summed E-state index contributed by atoms with van der Waals surface area (Å²) in [5.74, 6) is -9.66. The summed E-state index contributed by atoms with van der Waals surface area (Å²) in [7, 11) is 9.73. The van der Waals surface area contributed by atoms with Crippen LogP contribution in [0.15, 0.2) is 60.7 Å². The number of likely N-dealkylation sites (N-methyl/N-ethyl adjacent to an activating group) is 6. The number of rotatable bonds is 8. The Bertz CT molecular complexity index is 2760. The summed E-state index contributed by atoms with van der Waals surface area (Å²) < 4.78 is 0. The van der Waals surface area contributed by atoms with Crippen LogP contribution >= 0.6 is 45.1 Å². The first kappa shape index (κ1) is 59.2. The predicted molar refractivity (Wildman–Crippen MR) is 294 cm³/mol. The van der Waals surface area contributed by atoms with E-state index < -0.39 is 144 Å². The highest BCUT2D eigenvalue weighted by molar-refractivity contribution is 8.77. The molecule has 2 aromatic heterocycles. The Morgan fingerprint density at radius 3 is 1.47 bits per heavy atom. The lowest BCUT2D eigenvalue weighted by Crippen LogP contribution is -2.60. The van der Waals surface area contributed by atoms with Gasteiger partial charge in [-0.3, -0.25) is 47.9 Å². The van der Waals surface area contributed by atoms with Crippen LogP contribution in [0, 0.1) is 0 Å². The zero-order valence-electron chi connectivity index (χ0n) is 43.4. The number of amides is 10. The standard InChI is InChI=1S/C49H60N12O12S4/c1-56-21-31(55-44(69)40-36(63)18-27-14-10-12-16-29(27)53-40)42(67)51-20-38(65)61(6)49-48(73)60(5)33(24-75-8)46(71)57(2)22-30(54-43(68)39-35(62)17-26-13-9-11-15-28(26)52-39)41(66)50-19-37(64)58(3)34(25-76-77-49)47(72)59(4)32(23-74-7)45(56)70/h9-18,30-34,49,62-63H,19-25H2,1-8H3,(H,50,66)(H,51,67)(H,54,68)(H,55,69)/t30-,31-,32+,33+,34+,49+/m1/s1. The lowest BCUT2D eigenvalue weighted by Gasteiger charge is -2.36. The molecule has 0 radical (unpaired) electrons. The molecule has 412 valence electrons. The van der Waals surface area contributed by atoms with E-state index in [0.717, 1.165) is 51.0 Å². The van der Waals surface area contributed by atoms with Gasteiger partial charge in [0.15, 0.2) is 16.8 Å². The first-order valence-corrected chi connectivity index (χ1v) is 28.9. The van der Waals surface area contributed by atoms with Crippen LogP contribution in [0.5, 0.6) is 11.5 Å². The average Bonchev–Trinajstić information content (AvgIpc) is 3.41. The number of hydrogen-bond acceptors (Lipinski definition) is 18. The minimum atomic E-state index is -1.60. The fourth-order valence-corrected chi connectivity index (χ4v) is 12.5. The van der Waals surface area contributed by atoms with Crippen LogP contribution in [-0.4, -0.2) is 242 Å². The van der Waals surface area contributed by atoms with E-state index >= 15 is 0 Å². The van der Waals surface area contributed by atoms with E-state index in [1.165, 1.54) is 77.9 Å². The van der Waals surface area contributed by atoms with Crippen LogP contribution < -0.4 is 21.3 Å². The SMILES string of the molecule is CSC[C@H]1C(=O)N(C)C[C@@H](NC(=O)c2nc3ccccc3cc2O)C(=O)NCC(=O)N(C)[C@H]2SSC[C@@H](C(=O)N1C)N(C)C(=O)CNC(=O)[C@H](NC(=O)c1nc3ccccc3cc1O)CN(C)C(=O)[C@H](CSC)N(C)C2=O. The number of carbonyl (C=O) groups is 10. The van der Waals surface area contributed by atoms with Crippen LogP contribution in [0.2, 0.25) is 0 Å². The minimum Gasteiger partial charge on any atom is -0.505 e. The molecule has 24 nitrogen and oxygen atoms in total. The number of nitrogens with one attached hydrogen (secondary N) is 4. The van der Waals surface area contributed by atoms with E-state index in [2.05, 4.69) is 31.2 Å². The maximum absolute atomic E-state index is 14.9. The second-order valence-corrected chi connectivity index (χ2v) is 22.4. The first-order chi connectivity index (χ1) is 36.6. The summed E-state index contributed by atoms with van der Waals surface area (Å²) >= 11 is 2.42. The number of carbonyl (C=O) groups excluding carboxylic acids is 10. The number of para-hydroxylation sites is 2. The van der Waals surface area contributed by atoms with Gasteiger partial charge in [-0.25, -0.2) is 9.97 Å². The summed E-state index contributed by atoms with van der Waals surface area (Å²) in [5.41, 5.74) is -0.151. The van der Waals surface area contributed by atoms with Gasteiger partial charge in [-0.1, -0.05) is 58.0 Å². The molecule has 0 aliphatic carbocycles. The maximum Gasteiger partial charge on any atom is 0.274 e. The number of hydrogen-bond donors (Lipinski definition) is 6. The van der Waals surface area contributed by atoms with Crippen molar-refractivity contribution in [1.82, 2.24) is 60.6 Å². The van der Waals surface area contributed by atoms with Gasteiger partial charge in [0.1, 0.15) is 41.7 Å². The highest BCUT2D eigenvalue weighted by atomic mass is 33.1. The largest absolute Gasteiger partial charge is 0.505 e. The minimum absolute atomic E-state index is 0.00790. The molecule has 6 N–H and O–H groups in total. The third-order valence-electron chi connectivity index (χ3n) is 12.9. The molecule has 2 aromatic carbocycles. The molecule has 77 heavy (non-hydrogen) atoms. The number of nitrogens with zero attached hydrogens (tertiary/aromatic N) is 8. The Labute approximate surface area is 459 Å². The maximum atomic E-state index is 14.9. The molecule has 10 amide bonds. The summed E-state index contributed by atoms with van der Waals surface area (Å²) in [6.45, 7) is -2.54. The van der Waals surface area contributed by atoms with E-state index in [0.29, 0.717) is 21.8 Å². The number of aromatic nitrogens is 2. The van der Waals surface area contributed by atoms with Crippen LogP contribution in [0.1, 0.15) is 21.0 Å². The van der Waals surface area contributed by atoms with Gasteiger partial charge in [0.2, 0.25) is 41.4 Å². The van der Waals surface area contributed by atoms with Crippen LogP contribution in [0.4, 0.5) is 0 Å². The van der Waals surface area contributed by atoms with Crippen LogP contribution in [-0.2, 0) is 38.4 Å². The number of thioether (sulfide) groups is 2. The second kappa shape index (κ2) is 26.3. The highest BCUT2D eigenvalue weighted by Gasteiger charge is 2.41. The van der Waals surface area contributed by atoms with Gasteiger partial charge in [0.05, 0.1) is 24.1 Å². The molecule has 4 heterocycles. The van der Waals surface area contributed by atoms with Gasteiger partial charge in [0.25, 0.3) is 17.7 Å². The molecule has 4 aromatic rings. The van der Waals surface area contributed by atoms with Crippen LogP contribution in [0.3, 0.4) is 0 Å². The summed E-state index contributed by atoms with van der Waals surface area (Å²) in [6.07, 6.45) is 3.39. The topological polar surface area (TPSA) is 304 Å². The third kappa shape index (κ3) is 13.9. The van der Waals surface area contributed by atoms with Crippen molar-refractivity contribution in [2.45, 2.75) is 35.6 Å². The Morgan fingerprint density at radius 2 is 1.03 bits per heavy atom. The number of aromatic hydroxyl groups is 2. The predicted octanol–water partition coefficient (Wildman–Crippen LogP) is -0.359. The van der Waals surface area contributed by atoms with Gasteiger partial charge in [-0.2, -0.15) is 23.5 Å². The molecule has 6 atom stereocenters. The molecule has 28 heteroatoms. The summed E-state index contributed by atoms with van der Waals surface area (Å²) in [5, 5.41) is 31.3. The van der Waals surface area contributed by atoms with E-state index in [-0.39, 0.29) is 17.3 Å². The lowest BCUT2D eigenvalue weighted by atomic mass is 10.1. The van der Waals surface area contributed by atoms with E-state index in [1.54, 1.807) is 61.0 Å². The fourth-order valence-electron chi connectivity index (χ4n) is 8.27. The Hall–Kier alpha value is -7.04. The monoisotopic (exact) mass is 1140 g/mol. The van der Waals surface area contributed by atoms with Crippen molar-refractivity contribution in [2.24, 2.45) is 0 Å². The van der Waals surface area contributed by atoms with Crippen molar-refractivity contribution < 1.29 is 58.2 Å². The Balaban J connectivity index is 1.39. The molecular weight excluding hydrogens is 1080 g/mol. The van der Waals surface area contributed by atoms with Gasteiger partial charge in [-0.05, 0) is 36.8 Å². The molecule has 2 bridgehead atoms. The smallest absolute Gasteiger partial charge is 0.274 e. The molecule has 0 saturated carbocycles. The number of fused-ring (bicyclic) bond motifs is 6. The zero-order chi connectivity index (χ0) is 56.4. The Morgan fingerprint density at radius 1 is 0.610 bits per heavy atom. The van der Waals surface area contributed by atoms with E-state index in [1.807, 2.05) is 0 Å².